The summed E-state index contributed by atoms with van der Waals surface area (Å²) in [6.45, 7) is 0.952. The predicted molar refractivity (Wildman–Crippen MR) is 53.6 cm³/mol. The van der Waals surface area contributed by atoms with E-state index in [-0.39, 0.29) is 0 Å². The molecule has 0 aliphatic carbocycles. The van der Waals surface area contributed by atoms with Crippen LogP contribution in [0.15, 0.2) is 24.3 Å². The average Bonchev–Trinajstić information content (AvgIpc) is 2.19. The summed E-state index contributed by atoms with van der Waals surface area (Å²) < 4.78 is 10.1. The van der Waals surface area contributed by atoms with E-state index in [2.05, 4.69) is 0 Å². The Hall–Kier alpha value is -1.04. The lowest BCUT2D eigenvalue weighted by Gasteiger charge is -2.06. The molecular weight excluding hydrogens is 183 g/mol. The van der Waals surface area contributed by atoms with Crippen LogP contribution < -0.4 is 10.2 Å². The Morgan fingerprint density at radius 2 is 2.07 bits per heavy atom. The van der Waals surface area contributed by atoms with Gasteiger partial charge in [-0.3, -0.25) is 0 Å². The molecule has 0 spiro atoms. The standard InChI is InChI=1S/C9H13BO4/c1-13-5-6-14-9-4-2-3-8(7-9)10(11)12/h2-4,7,11-12H,5-6H2,1H3. The molecule has 0 fully saturated rings. The second-order valence-corrected chi connectivity index (χ2v) is 2.79. The first kappa shape index (κ1) is 11.0. The van der Waals surface area contributed by atoms with Crippen molar-refractivity contribution in [3.05, 3.63) is 24.3 Å². The monoisotopic (exact) mass is 196 g/mol. The normalized spacial score (nSPS) is 9.93. The third-order valence-electron chi connectivity index (χ3n) is 1.71. The molecule has 5 heteroatoms. The molecule has 0 heterocycles. The summed E-state index contributed by atoms with van der Waals surface area (Å²) in [6, 6.07) is 6.66. The van der Waals surface area contributed by atoms with E-state index in [1.807, 2.05) is 0 Å². The van der Waals surface area contributed by atoms with Gasteiger partial charge in [0, 0.05) is 7.11 Å². The van der Waals surface area contributed by atoms with Gasteiger partial charge in [-0.1, -0.05) is 12.1 Å². The summed E-state index contributed by atoms with van der Waals surface area (Å²) >= 11 is 0. The Balaban J connectivity index is 2.55. The summed E-state index contributed by atoms with van der Waals surface area (Å²) in [5, 5.41) is 17.8. The van der Waals surface area contributed by atoms with Crippen LogP contribution in [0.2, 0.25) is 0 Å². The number of benzene rings is 1. The van der Waals surface area contributed by atoms with Gasteiger partial charge in [-0.15, -0.1) is 0 Å². The maximum atomic E-state index is 8.90. The lowest BCUT2D eigenvalue weighted by atomic mass is 9.80. The van der Waals surface area contributed by atoms with E-state index >= 15 is 0 Å². The molecule has 76 valence electrons. The topological polar surface area (TPSA) is 58.9 Å². The van der Waals surface area contributed by atoms with Gasteiger partial charge in [0.25, 0.3) is 0 Å². The van der Waals surface area contributed by atoms with E-state index < -0.39 is 7.12 Å². The smallest absolute Gasteiger partial charge is 0.488 e. The predicted octanol–water partition coefficient (Wildman–Crippen LogP) is -0.608. The highest BCUT2D eigenvalue weighted by molar-refractivity contribution is 6.58. The fraction of sp³-hybridized carbons (Fsp3) is 0.333. The molecule has 0 aliphatic heterocycles. The van der Waals surface area contributed by atoms with Crippen LogP contribution in [0, 0.1) is 0 Å². The molecule has 14 heavy (non-hydrogen) atoms. The molecule has 4 nitrogen and oxygen atoms in total. The Bertz CT molecular complexity index is 277. The summed E-state index contributed by atoms with van der Waals surface area (Å²) in [5.41, 5.74) is 0.417. The van der Waals surface area contributed by atoms with Crippen molar-refractivity contribution in [3.63, 3.8) is 0 Å². The number of hydrogen-bond acceptors (Lipinski definition) is 4. The van der Waals surface area contributed by atoms with E-state index in [0.717, 1.165) is 0 Å². The highest BCUT2D eigenvalue weighted by Crippen LogP contribution is 2.06. The highest BCUT2D eigenvalue weighted by atomic mass is 16.5. The van der Waals surface area contributed by atoms with Crippen LogP contribution in [-0.4, -0.2) is 37.5 Å². The Morgan fingerprint density at radius 1 is 1.29 bits per heavy atom. The first-order valence-electron chi connectivity index (χ1n) is 4.32. The molecule has 1 aromatic rings. The average molecular weight is 196 g/mol. The minimum atomic E-state index is -1.46. The maximum Gasteiger partial charge on any atom is 0.488 e. The second-order valence-electron chi connectivity index (χ2n) is 2.79. The number of methoxy groups -OCH3 is 1. The van der Waals surface area contributed by atoms with Gasteiger partial charge in [-0.05, 0) is 17.6 Å². The molecule has 0 aromatic heterocycles. The third-order valence-corrected chi connectivity index (χ3v) is 1.71. The molecular formula is C9H13BO4. The van der Waals surface area contributed by atoms with E-state index in [9.17, 15) is 0 Å². The third kappa shape index (κ3) is 3.37. The molecule has 0 unspecified atom stereocenters. The van der Waals surface area contributed by atoms with Crippen molar-refractivity contribution in [2.45, 2.75) is 0 Å². The molecule has 0 saturated heterocycles. The molecule has 0 radical (unpaired) electrons. The van der Waals surface area contributed by atoms with Gasteiger partial charge in [0.15, 0.2) is 0 Å². The van der Waals surface area contributed by atoms with Crippen LogP contribution in [-0.2, 0) is 4.74 Å². The zero-order chi connectivity index (χ0) is 10.4. The number of rotatable bonds is 5. The van der Waals surface area contributed by atoms with Gasteiger partial charge in [-0.25, -0.2) is 0 Å². The van der Waals surface area contributed by atoms with Crippen LogP contribution in [0.5, 0.6) is 5.75 Å². The van der Waals surface area contributed by atoms with Gasteiger partial charge in [0.1, 0.15) is 12.4 Å². The van der Waals surface area contributed by atoms with Crippen molar-refractivity contribution in [2.75, 3.05) is 20.3 Å². The minimum Gasteiger partial charge on any atom is -0.491 e. The Kier molecular flexibility index (Phi) is 4.45. The van der Waals surface area contributed by atoms with Crippen molar-refractivity contribution in [1.29, 1.82) is 0 Å². The molecule has 0 atom stereocenters. The van der Waals surface area contributed by atoms with Gasteiger partial charge in [0.2, 0.25) is 0 Å². The van der Waals surface area contributed by atoms with Crippen LogP contribution >= 0.6 is 0 Å². The highest BCUT2D eigenvalue weighted by Gasteiger charge is 2.10. The van der Waals surface area contributed by atoms with Crippen LogP contribution in [0.1, 0.15) is 0 Å². The summed E-state index contributed by atoms with van der Waals surface area (Å²) in [7, 11) is 0.137. The Labute approximate surface area is 83.2 Å². The molecule has 1 aromatic carbocycles. The minimum absolute atomic E-state index is 0.417. The van der Waals surface area contributed by atoms with E-state index in [0.29, 0.717) is 24.4 Å². The van der Waals surface area contributed by atoms with Gasteiger partial charge in [-0.2, -0.15) is 0 Å². The number of hydrogen-bond donors (Lipinski definition) is 2. The van der Waals surface area contributed by atoms with Crippen LogP contribution in [0.3, 0.4) is 0 Å². The molecule has 1 rings (SSSR count). The zero-order valence-electron chi connectivity index (χ0n) is 8.01. The number of ether oxygens (including phenoxy) is 2. The molecule has 0 bridgehead atoms. The van der Waals surface area contributed by atoms with Crippen molar-refractivity contribution < 1.29 is 19.5 Å². The van der Waals surface area contributed by atoms with Crippen LogP contribution in [0.4, 0.5) is 0 Å². The maximum absolute atomic E-state index is 8.90. The SMILES string of the molecule is COCCOc1cccc(B(O)O)c1. The van der Waals surface area contributed by atoms with E-state index in [1.54, 1.807) is 31.4 Å². The van der Waals surface area contributed by atoms with E-state index in [1.165, 1.54) is 0 Å². The zero-order valence-corrected chi connectivity index (χ0v) is 8.01. The fourth-order valence-corrected chi connectivity index (χ4v) is 1.01. The van der Waals surface area contributed by atoms with Crippen LogP contribution in [0.25, 0.3) is 0 Å². The second kappa shape index (κ2) is 5.64. The molecule has 2 N–H and O–H groups in total. The van der Waals surface area contributed by atoms with E-state index in [4.69, 9.17) is 19.5 Å². The lowest BCUT2D eigenvalue weighted by Crippen LogP contribution is -2.29. The van der Waals surface area contributed by atoms with Gasteiger partial charge in [0.05, 0.1) is 6.61 Å². The quantitative estimate of drug-likeness (QED) is 0.487. The van der Waals surface area contributed by atoms with Crippen molar-refractivity contribution in [2.24, 2.45) is 0 Å². The Morgan fingerprint density at radius 3 is 2.71 bits per heavy atom. The molecule has 0 aliphatic rings. The van der Waals surface area contributed by atoms with Crippen molar-refractivity contribution in [3.8, 4) is 5.75 Å². The van der Waals surface area contributed by atoms with Crippen molar-refractivity contribution >= 4 is 12.6 Å². The first-order chi connectivity index (χ1) is 6.74. The summed E-state index contributed by atoms with van der Waals surface area (Å²) in [4.78, 5) is 0. The van der Waals surface area contributed by atoms with Gasteiger partial charge < -0.3 is 19.5 Å². The fourth-order valence-electron chi connectivity index (χ4n) is 1.01. The first-order valence-corrected chi connectivity index (χ1v) is 4.32. The summed E-state index contributed by atoms with van der Waals surface area (Å²) in [6.07, 6.45) is 0. The molecule has 0 amide bonds. The largest absolute Gasteiger partial charge is 0.491 e. The molecule has 0 saturated carbocycles. The lowest BCUT2D eigenvalue weighted by molar-refractivity contribution is 0.146. The summed E-state index contributed by atoms with van der Waals surface area (Å²) in [5.74, 6) is 0.604. The van der Waals surface area contributed by atoms with Gasteiger partial charge >= 0.3 is 7.12 Å². The van der Waals surface area contributed by atoms with Crippen molar-refractivity contribution in [1.82, 2.24) is 0 Å².